The van der Waals surface area contributed by atoms with Crippen LogP contribution in [-0.2, 0) is 6.54 Å². The summed E-state index contributed by atoms with van der Waals surface area (Å²) in [7, 11) is 0. The lowest BCUT2D eigenvalue weighted by Crippen LogP contribution is -2.39. The highest BCUT2D eigenvalue weighted by Crippen LogP contribution is 2.31. The van der Waals surface area contributed by atoms with Crippen molar-refractivity contribution >= 4 is 23.1 Å². The standard InChI is InChI=1S/C11H19ClN4S/c1-2-16(7-9-11(12)17-15-14-9)10-5-3-4-8(10)6-13/h8,10H,2-7,13H2,1H3. The Labute approximate surface area is 111 Å². The van der Waals surface area contributed by atoms with E-state index < -0.39 is 0 Å². The lowest BCUT2D eigenvalue weighted by Gasteiger charge is -2.31. The van der Waals surface area contributed by atoms with E-state index in [-0.39, 0.29) is 0 Å². The van der Waals surface area contributed by atoms with Gasteiger partial charge in [-0.25, -0.2) is 0 Å². The van der Waals surface area contributed by atoms with Crippen molar-refractivity contribution in [2.75, 3.05) is 13.1 Å². The van der Waals surface area contributed by atoms with Gasteiger partial charge in [0.2, 0.25) is 0 Å². The molecule has 0 aliphatic heterocycles. The molecular weight excluding hydrogens is 256 g/mol. The van der Waals surface area contributed by atoms with Gasteiger partial charge in [0.25, 0.3) is 0 Å². The van der Waals surface area contributed by atoms with Gasteiger partial charge in [0, 0.05) is 24.1 Å². The Morgan fingerprint density at radius 1 is 1.53 bits per heavy atom. The second-order valence-electron chi connectivity index (χ2n) is 4.55. The molecule has 0 bridgehead atoms. The highest BCUT2D eigenvalue weighted by atomic mass is 35.5. The number of halogens is 1. The first-order valence-electron chi connectivity index (χ1n) is 6.17. The van der Waals surface area contributed by atoms with Gasteiger partial charge in [0.1, 0.15) is 10.0 Å². The largest absolute Gasteiger partial charge is 0.330 e. The van der Waals surface area contributed by atoms with E-state index in [1.54, 1.807) is 0 Å². The van der Waals surface area contributed by atoms with Gasteiger partial charge in [-0.05, 0) is 31.8 Å². The molecular formula is C11H19ClN4S. The summed E-state index contributed by atoms with van der Waals surface area (Å²) in [6.45, 7) is 4.77. The summed E-state index contributed by atoms with van der Waals surface area (Å²) in [5.41, 5.74) is 6.75. The Morgan fingerprint density at radius 3 is 2.94 bits per heavy atom. The summed E-state index contributed by atoms with van der Waals surface area (Å²) in [6.07, 6.45) is 3.78. The molecule has 2 atom stereocenters. The van der Waals surface area contributed by atoms with E-state index in [2.05, 4.69) is 21.4 Å². The van der Waals surface area contributed by atoms with Gasteiger partial charge >= 0.3 is 0 Å². The Bertz CT molecular complexity index is 357. The Morgan fingerprint density at radius 2 is 2.35 bits per heavy atom. The molecule has 0 radical (unpaired) electrons. The molecule has 2 unspecified atom stereocenters. The minimum Gasteiger partial charge on any atom is -0.330 e. The molecule has 2 N–H and O–H groups in total. The first-order valence-corrected chi connectivity index (χ1v) is 7.32. The molecule has 1 heterocycles. The summed E-state index contributed by atoms with van der Waals surface area (Å²) in [6, 6.07) is 0.586. The van der Waals surface area contributed by atoms with Gasteiger partial charge in [0.05, 0.1) is 0 Å². The van der Waals surface area contributed by atoms with Crippen molar-refractivity contribution < 1.29 is 0 Å². The number of aromatic nitrogens is 2. The number of hydrogen-bond donors (Lipinski definition) is 1. The maximum Gasteiger partial charge on any atom is 0.138 e. The molecule has 17 heavy (non-hydrogen) atoms. The molecule has 1 aliphatic carbocycles. The van der Waals surface area contributed by atoms with E-state index in [4.69, 9.17) is 17.3 Å². The summed E-state index contributed by atoms with van der Waals surface area (Å²) < 4.78 is 4.60. The van der Waals surface area contributed by atoms with Crippen LogP contribution >= 0.6 is 23.1 Å². The fourth-order valence-corrected chi connectivity index (χ4v) is 3.33. The van der Waals surface area contributed by atoms with E-state index in [1.807, 2.05) is 0 Å². The minimum absolute atomic E-state index is 0.586. The summed E-state index contributed by atoms with van der Waals surface area (Å²) in [5, 5.41) is 4.09. The van der Waals surface area contributed by atoms with Crippen LogP contribution in [0.3, 0.4) is 0 Å². The van der Waals surface area contributed by atoms with Crippen molar-refractivity contribution in [3.63, 3.8) is 0 Å². The highest BCUT2D eigenvalue weighted by Gasteiger charge is 2.31. The molecule has 1 fully saturated rings. The number of nitrogens with two attached hydrogens (primary N) is 1. The SMILES string of the molecule is CCN(Cc1nnsc1Cl)C1CCCC1CN. The maximum absolute atomic E-state index is 6.06. The normalized spacial score (nSPS) is 24.7. The molecule has 0 aromatic carbocycles. The quantitative estimate of drug-likeness (QED) is 0.894. The van der Waals surface area contributed by atoms with Crippen molar-refractivity contribution in [3.8, 4) is 0 Å². The second-order valence-corrected chi connectivity index (χ2v) is 5.91. The van der Waals surface area contributed by atoms with Crippen molar-refractivity contribution in [2.45, 2.75) is 38.8 Å². The van der Waals surface area contributed by atoms with E-state index in [9.17, 15) is 0 Å². The van der Waals surface area contributed by atoms with Gasteiger partial charge in [-0.2, -0.15) is 0 Å². The number of nitrogens with zero attached hydrogens (tertiary/aromatic N) is 3. The van der Waals surface area contributed by atoms with Crippen molar-refractivity contribution in [2.24, 2.45) is 11.7 Å². The summed E-state index contributed by atoms with van der Waals surface area (Å²) >= 11 is 7.32. The molecule has 96 valence electrons. The third kappa shape index (κ3) is 2.96. The average Bonchev–Trinajstić information content (AvgIpc) is 2.95. The van der Waals surface area contributed by atoms with Crippen LogP contribution in [0.5, 0.6) is 0 Å². The lowest BCUT2D eigenvalue weighted by molar-refractivity contribution is 0.160. The molecule has 6 heteroatoms. The van der Waals surface area contributed by atoms with Gasteiger partial charge < -0.3 is 5.73 Å². The smallest absolute Gasteiger partial charge is 0.138 e. The summed E-state index contributed by atoms with van der Waals surface area (Å²) in [4.78, 5) is 2.44. The summed E-state index contributed by atoms with van der Waals surface area (Å²) in [5.74, 6) is 0.625. The zero-order valence-corrected chi connectivity index (χ0v) is 11.7. The topological polar surface area (TPSA) is 55.0 Å². The van der Waals surface area contributed by atoms with Crippen LogP contribution in [0.2, 0.25) is 4.34 Å². The van der Waals surface area contributed by atoms with Crippen LogP contribution in [0.1, 0.15) is 31.9 Å². The zero-order valence-electron chi connectivity index (χ0n) is 10.1. The monoisotopic (exact) mass is 274 g/mol. The Hall–Kier alpha value is -0.230. The molecule has 2 rings (SSSR count). The third-order valence-corrected chi connectivity index (χ3v) is 4.64. The Balaban J connectivity index is 2.03. The van der Waals surface area contributed by atoms with Gasteiger partial charge in [-0.1, -0.05) is 29.4 Å². The molecule has 4 nitrogen and oxygen atoms in total. The van der Waals surface area contributed by atoms with Crippen LogP contribution in [0.4, 0.5) is 0 Å². The fraction of sp³-hybridized carbons (Fsp3) is 0.818. The average molecular weight is 275 g/mol. The molecule has 1 aromatic heterocycles. The van der Waals surface area contributed by atoms with Crippen LogP contribution < -0.4 is 5.73 Å². The number of hydrogen-bond acceptors (Lipinski definition) is 5. The predicted octanol–water partition coefficient (Wildman–Crippen LogP) is 2.14. The Kier molecular flexibility index (Phi) is 4.73. The molecule has 0 spiro atoms. The van der Waals surface area contributed by atoms with Crippen molar-refractivity contribution in [3.05, 3.63) is 10.0 Å². The van der Waals surface area contributed by atoms with Crippen LogP contribution in [0.25, 0.3) is 0 Å². The molecule has 0 saturated heterocycles. The van der Waals surface area contributed by atoms with Gasteiger partial charge in [-0.3, -0.25) is 4.90 Å². The highest BCUT2D eigenvalue weighted by molar-refractivity contribution is 7.10. The van der Waals surface area contributed by atoms with E-state index in [1.165, 1.54) is 30.8 Å². The predicted molar refractivity (Wildman–Crippen MR) is 71.2 cm³/mol. The van der Waals surface area contributed by atoms with Crippen molar-refractivity contribution in [1.82, 2.24) is 14.5 Å². The second kappa shape index (κ2) is 6.09. The zero-order chi connectivity index (χ0) is 12.3. The van der Waals surface area contributed by atoms with Gasteiger partial charge in [-0.15, -0.1) is 5.10 Å². The molecule has 1 aromatic rings. The van der Waals surface area contributed by atoms with Crippen LogP contribution in [-0.4, -0.2) is 33.6 Å². The maximum atomic E-state index is 6.06. The fourth-order valence-electron chi connectivity index (χ4n) is 2.72. The molecule has 1 saturated carbocycles. The van der Waals surface area contributed by atoms with Gasteiger partial charge in [0.15, 0.2) is 0 Å². The molecule has 0 amide bonds. The van der Waals surface area contributed by atoms with Crippen LogP contribution in [0, 0.1) is 5.92 Å². The first-order chi connectivity index (χ1) is 8.26. The minimum atomic E-state index is 0.586. The lowest BCUT2D eigenvalue weighted by atomic mass is 10.0. The van der Waals surface area contributed by atoms with E-state index >= 15 is 0 Å². The third-order valence-electron chi connectivity index (χ3n) is 3.66. The number of rotatable bonds is 5. The first kappa shape index (κ1) is 13.2. The van der Waals surface area contributed by atoms with Crippen LogP contribution in [0.15, 0.2) is 0 Å². The molecule has 1 aliphatic rings. The van der Waals surface area contributed by atoms with E-state index in [0.717, 1.165) is 25.3 Å². The van der Waals surface area contributed by atoms with E-state index in [0.29, 0.717) is 16.3 Å². The van der Waals surface area contributed by atoms with Crippen molar-refractivity contribution in [1.29, 1.82) is 0 Å².